The Labute approximate surface area is 234 Å². The molecule has 9 heteroatoms. The number of aliphatic hydroxyl groups is 1. The van der Waals surface area contributed by atoms with E-state index in [1.54, 1.807) is 24.3 Å². The van der Waals surface area contributed by atoms with Crippen LogP contribution < -0.4 is 10.6 Å². The van der Waals surface area contributed by atoms with Crippen LogP contribution in [-0.4, -0.2) is 57.6 Å². The van der Waals surface area contributed by atoms with Crippen LogP contribution in [0, 0.1) is 17.8 Å². The molecule has 0 aromatic heterocycles. The molecule has 8 nitrogen and oxygen atoms in total. The Morgan fingerprint density at radius 3 is 2.46 bits per heavy atom. The van der Waals surface area contributed by atoms with Gasteiger partial charge in [-0.1, -0.05) is 62.2 Å². The van der Waals surface area contributed by atoms with Gasteiger partial charge in [-0.25, -0.2) is 0 Å². The molecular formula is C30H36ClN3O5. The van der Waals surface area contributed by atoms with Gasteiger partial charge in [-0.05, 0) is 55.5 Å². The molecule has 0 radical (unpaired) electrons. The van der Waals surface area contributed by atoms with E-state index in [2.05, 4.69) is 10.6 Å². The van der Waals surface area contributed by atoms with Crippen LogP contribution in [0.25, 0.3) is 0 Å². The zero-order chi connectivity index (χ0) is 27.9. The van der Waals surface area contributed by atoms with Gasteiger partial charge in [0.15, 0.2) is 0 Å². The van der Waals surface area contributed by atoms with Gasteiger partial charge in [0.2, 0.25) is 17.7 Å². The number of benzene rings is 2. The average molecular weight is 554 g/mol. The van der Waals surface area contributed by atoms with Crippen LogP contribution in [0.15, 0.2) is 54.6 Å². The molecule has 208 valence electrons. The van der Waals surface area contributed by atoms with Gasteiger partial charge in [-0.2, -0.15) is 0 Å². The van der Waals surface area contributed by atoms with Gasteiger partial charge in [0.05, 0.1) is 30.1 Å². The van der Waals surface area contributed by atoms with Crippen molar-refractivity contribution in [2.75, 3.05) is 11.9 Å². The van der Waals surface area contributed by atoms with E-state index >= 15 is 0 Å². The number of ether oxygens (including phenoxy) is 1. The smallest absolute Gasteiger partial charge is 0.250 e. The largest absolute Gasteiger partial charge is 0.394 e. The van der Waals surface area contributed by atoms with E-state index in [9.17, 15) is 19.5 Å². The van der Waals surface area contributed by atoms with Crippen molar-refractivity contribution < 1.29 is 24.2 Å². The second-order valence-corrected chi connectivity index (χ2v) is 11.7. The van der Waals surface area contributed by atoms with Crippen LogP contribution in [0.2, 0.25) is 5.02 Å². The fourth-order valence-corrected chi connectivity index (χ4v) is 7.00. The highest BCUT2D eigenvalue weighted by atomic mass is 35.5. The van der Waals surface area contributed by atoms with E-state index < -0.39 is 41.0 Å². The number of halogens is 1. The molecule has 2 bridgehead atoms. The number of amides is 3. The Kier molecular flexibility index (Phi) is 7.48. The van der Waals surface area contributed by atoms with E-state index in [1.165, 1.54) is 4.90 Å². The fraction of sp³-hybridized carbons (Fsp3) is 0.500. The number of nitrogens with one attached hydrogen (secondary N) is 2. The normalized spacial score (nSPS) is 30.6. The van der Waals surface area contributed by atoms with Gasteiger partial charge >= 0.3 is 0 Å². The van der Waals surface area contributed by atoms with E-state index in [4.69, 9.17) is 16.3 Å². The second kappa shape index (κ2) is 10.6. The molecule has 3 aliphatic heterocycles. The molecule has 3 heterocycles. The number of fused-ring (bicyclic) bond motifs is 1. The number of aliphatic hydroxyl groups excluding tert-OH is 1. The number of hydrogen-bond acceptors (Lipinski definition) is 5. The first-order valence-corrected chi connectivity index (χ1v) is 14.0. The third-order valence-electron chi connectivity index (χ3n) is 9.01. The predicted molar refractivity (Wildman–Crippen MR) is 148 cm³/mol. The van der Waals surface area contributed by atoms with E-state index in [1.807, 2.05) is 51.1 Å². The lowest BCUT2D eigenvalue weighted by Gasteiger charge is -2.39. The lowest BCUT2D eigenvalue weighted by atomic mass is 9.66. The van der Waals surface area contributed by atoms with Crippen LogP contribution in [0.3, 0.4) is 0 Å². The molecule has 2 aromatic rings. The summed E-state index contributed by atoms with van der Waals surface area (Å²) in [5.74, 6) is -2.62. The molecule has 5 rings (SSSR count). The van der Waals surface area contributed by atoms with E-state index in [-0.39, 0.29) is 24.3 Å². The summed E-state index contributed by atoms with van der Waals surface area (Å²) in [5.41, 5.74) is -0.558. The molecular weight excluding hydrogens is 518 g/mol. The maximum absolute atomic E-state index is 14.3. The quantitative estimate of drug-likeness (QED) is 0.438. The Morgan fingerprint density at radius 2 is 1.82 bits per heavy atom. The first-order chi connectivity index (χ1) is 18.6. The summed E-state index contributed by atoms with van der Waals surface area (Å²) in [6, 6.07) is 14.7. The number of likely N-dealkylation sites (tertiary alicyclic amines) is 1. The van der Waals surface area contributed by atoms with Crippen LogP contribution in [0.5, 0.6) is 0 Å². The maximum atomic E-state index is 14.3. The third kappa shape index (κ3) is 4.62. The van der Waals surface area contributed by atoms with Gasteiger partial charge in [-0.15, -0.1) is 0 Å². The van der Waals surface area contributed by atoms with Gasteiger partial charge < -0.3 is 25.4 Å². The van der Waals surface area contributed by atoms with Crippen molar-refractivity contribution in [1.29, 1.82) is 0 Å². The van der Waals surface area contributed by atoms with E-state index in [0.717, 1.165) is 5.56 Å². The zero-order valence-corrected chi connectivity index (χ0v) is 23.3. The van der Waals surface area contributed by atoms with Crippen LogP contribution in [0.1, 0.15) is 45.6 Å². The SMILES string of the molecule is CC[C@H](C)[C@H](CO)N1C(=O)[C@@H]2[C@@H](C(=O)NCc3ccccc3)[C@@]3(C)CCC2(O3)C1C(=O)Nc1ccc(Cl)cc1. The molecule has 3 N–H and O–H groups in total. The number of carbonyl (C=O) groups is 3. The van der Waals surface area contributed by atoms with Crippen LogP contribution in [-0.2, 0) is 25.7 Å². The van der Waals surface area contributed by atoms with Crippen LogP contribution >= 0.6 is 11.6 Å². The highest BCUT2D eigenvalue weighted by molar-refractivity contribution is 6.30. The highest BCUT2D eigenvalue weighted by Gasteiger charge is 2.78. The summed E-state index contributed by atoms with van der Waals surface area (Å²) in [7, 11) is 0. The topological polar surface area (TPSA) is 108 Å². The first-order valence-electron chi connectivity index (χ1n) is 13.7. The maximum Gasteiger partial charge on any atom is 0.250 e. The molecule has 2 unspecified atom stereocenters. The Hall–Kier alpha value is -2.94. The summed E-state index contributed by atoms with van der Waals surface area (Å²) >= 11 is 6.03. The summed E-state index contributed by atoms with van der Waals surface area (Å²) in [6.07, 6.45) is 1.72. The zero-order valence-electron chi connectivity index (χ0n) is 22.5. The Morgan fingerprint density at radius 1 is 1.13 bits per heavy atom. The number of carbonyl (C=O) groups excluding carboxylic acids is 3. The molecule has 3 fully saturated rings. The number of hydrogen-bond donors (Lipinski definition) is 3. The predicted octanol–water partition coefficient (Wildman–Crippen LogP) is 3.77. The first kappa shape index (κ1) is 27.6. The van der Waals surface area contributed by atoms with Crippen molar-refractivity contribution in [3.8, 4) is 0 Å². The summed E-state index contributed by atoms with van der Waals surface area (Å²) in [4.78, 5) is 43.5. The average Bonchev–Trinajstić information content (AvgIpc) is 3.50. The molecule has 2 aromatic carbocycles. The molecule has 0 aliphatic carbocycles. The third-order valence-corrected chi connectivity index (χ3v) is 9.26. The lowest BCUT2D eigenvalue weighted by molar-refractivity contribution is -0.149. The van der Waals surface area contributed by atoms with Crippen molar-refractivity contribution in [2.24, 2.45) is 17.8 Å². The molecule has 7 atom stereocenters. The fourth-order valence-electron chi connectivity index (χ4n) is 6.87. The molecule has 3 amide bonds. The number of anilines is 1. The summed E-state index contributed by atoms with van der Waals surface area (Å²) < 4.78 is 6.67. The monoisotopic (exact) mass is 553 g/mol. The van der Waals surface area contributed by atoms with Gasteiger partial charge in [0.25, 0.3) is 0 Å². The van der Waals surface area contributed by atoms with E-state index in [0.29, 0.717) is 36.5 Å². The summed E-state index contributed by atoms with van der Waals surface area (Å²) in [6.45, 7) is 5.85. The minimum Gasteiger partial charge on any atom is -0.394 e. The van der Waals surface area contributed by atoms with Crippen molar-refractivity contribution >= 4 is 35.0 Å². The number of nitrogens with zero attached hydrogens (tertiary/aromatic N) is 1. The van der Waals surface area contributed by atoms with Gasteiger partial charge in [0.1, 0.15) is 11.6 Å². The molecule has 0 saturated carbocycles. The highest BCUT2D eigenvalue weighted by Crippen LogP contribution is 2.63. The van der Waals surface area contributed by atoms with Crippen molar-refractivity contribution in [2.45, 2.75) is 69.9 Å². The van der Waals surface area contributed by atoms with Crippen molar-refractivity contribution in [3.63, 3.8) is 0 Å². The minimum atomic E-state index is -1.17. The van der Waals surface area contributed by atoms with Crippen molar-refractivity contribution in [1.82, 2.24) is 10.2 Å². The molecule has 39 heavy (non-hydrogen) atoms. The van der Waals surface area contributed by atoms with Gasteiger partial charge in [-0.3, -0.25) is 14.4 Å². The standard InChI is InChI=1S/C30H36ClN3O5/c1-4-18(2)22(17-35)34-25(27(37)33-21-12-10-20(31)11-13-21)30-15-14-29(3,39-30)23(24(30)28(34)38)26(36)32-16-19-8-6-5-7-9-19/h5-13,18,22-25,35H,4,14-17H2,1-3H3,(H,32,36)(H,33,37)/t18-,22-,23-,24-,25?,29+,30?/m0/s1. The minimum absolute atomic E-state index is 0.0712. The molecule has 3 saturated heterocycles. The summed E-state index contributed by atoms with van der Waals surface area (Å²) in [5, 5.41) is 16.9. The lowest BCUT2D eigenvalue weighted by Crippen LogP contribution is -2.57. The molecule has 3 aliphatic rings. The van der Waals surface area contributed by atoms with Gasteiger partial charge in [0, 0.05) is 17.3 Å². The second-order valence-electron chi connectivity index (χ2n) is 11.3. The van der Waals surface area contributed by atoms with Crippen LogP contribution in [0.4, 0.5) is 5.69 Å². The molecule has 1 spiro atoms. The Balaban J connectivity index is 1.51. The number of rotatable bonds is 9. The van der Waals surface area contributed by atoms with Crippen molar-refractivity contribution in [3.05, 3.63) is 65.2 Å². The Bertz CT molecular complexity index is 1240.